The highest BCUT2D eigenvalue weighted by Gasteiger charge is 1.52. The molecule has 0 rings (SSSR count). The first kappa shape index (κ1) is 5.51. The van der Waals surface area contributed by atoms with E-state index in [1.165, 1.54) is 17.9 Å². The first-order chi connectivity index (χ1) is 2.91. The zero-order chi connectivity index (χ0) is 4.83. The highest BCUT2D eigenvalue weighted by atomic mass is 32.2. The van der Waals surface area contributed by atoms with E-state index in [1.807, 2.05) is 5.87 Å². The molecule has 2 nitrogen and oxygen atoms in total. The van der Waals surface area contributed by atoms with Gasteiger partial charge in [-0.3, -0.25) is 0 Å². The third-order valence-electron chi connectivity index (χ3n) is 0.183. The van der Waals surface area contributed by atoms with Gasteiger partial charge in [0.15, 0.2) is 5.94 Å². The van der Waals surface area contributed by atoms with Crippen LogP contribution in [-0.4, -0.2) is 18.1 Å². The summed E-state index contributed by atoms with van der Waals surface area (Å²) in [4.78, 5) is 9.22. The summed E-state index contributed by atoms with van der Waals surface area (Å²) in [6, 6.07) is 0. The molecule has 0 bridgehead atoms. The molecule has 0 atom stereocenters. The summed E-state index contributed by atoms with van der Waals surface area (Å²) in [6.45, 7) is 0. The average molecular weight is 101 g/mol. The molecule has 0 aromatic heterocycles. The van der Waals surface area contributed by atoms with Crippen LogP contribution in [0.5, 0.6) is 0 Å². The Morgan fingerprint density at radius 3 is 2.67 bits per heavy atom. The molecule has 0 spiro atoms. The SMILES string of the molecule is CSN=C=C=O. The van der Waals surface area contributed by atoms with Gasteiger partial charge in [0.1, 0.15) is 0 Å². The van der Waals surface area contributed by atoms with Crippen molar-refractivity contribution in [2.24, 2.45) is 4.40 Å². The quantitative estimate of drug-likeness (QED) is 0.270. The Labute approximate surface area is 40.1 Å². The fourth-order valence-corrected chi connectivity index (χ4v) is 0.193. The lowest BCUT2D eigenvalue weighted by atomic mass is 11.2. The average Bonchev–Trinajstić information content (AvgIpc) is 1.61. The van der Waals surface area contributed by atoms with Crippen LogP contribution in [0, 0.1) is 0 Å². The predicted molar refractivity (Wildman–Crippen MR) is 26.6 cm³/mol. The lowest BCUT2D eigenvalue weighted by molar-refractivity contribution is 0.571. The molecule has 0 aromatic carbocycles. The molecule has 0 aromatic rings. The maximum atomic E-state index is 9.22. The lowest BCUT2D eigenvalue weighted by Crippen LogP contribution is -1.46. The van der Waals surface area contributed by atoms with Gasteiger partial charge in [-0.05, 0) is 11.9 Å². The number of carbonyl (C=O) groups excluding carboxylic acids is 1. The highest BCUT2D eigenvalue weighted by molar-refractivity contribution is 7.97. The molecule has 0 saturated carbocycles. The highest BCUT2D eigenvalue weighted by Crippen LogP contribution is 1.85. The maximum Gasteiger partial charge on any atom is 0.198 e. The van der Waals surface area contributed by atoms with Gasteiger partial charge in [0.25, 0.3) is 0 Å². The van der Waals surface area contributed by atoms with E-state index in [1.54, 1.807) is 6.26 Å². The van der Waals surface area contributed by atoms with Crippen LogP contribution in [0.25, 0.3) is 0 Å². The van der Waals surface area contributed by atoms with Gasteiger partial charge in [0.05, 0.1) is 5.87 Å². The summed E-state index contributed by atoms with van der Waals surface area (Å²) in [5.74, 6) is 3.36. The van der Waals surface area contributed by atoms with Crippen molar-refractivity contribution in [3.05, 3.63) is 0 Å². The molecule has 0 radical (unpaired) electrons. The van der Waals surface area contributed by atoms with Crippen LogP contribution in [0.4, 0.5) is 0 Å². The van der Waals surface area contributed by atoms with Crippen LogP contribution in [-0.2, 0) is 4.79 Å². The second-order valence-corrected chi connectivity index (χ2v) is 1.04. The minimum absolute atomic E-state index is 1.18. The van der Waals surface area contributed by atoms with Gasteiger partial charge in [-0.2, -0.15) is 4.40 Å². The van der Waals surface area contributed by atoms with E-state index < -0.39 is 0 Å². The molecule has 0 unspecified atom stereocenters. The van der Waals surface area contributed by atoms with Gasteiger partial charge in [0.2, 0.25) is 0 Å². The van der Waals surface area contributed by atoms with Crippen LogP contribution >= 0.6 is 11.9 Å². The first-order valence-electron chi connectivity index (χ1n) is 1.27. The number of hydrogen-bond acceptors (Lipinski definition) is 3. The van der Waals surface area contributed by atoms with E-state index in [2.05, 4.69) is 4.40 Å². The van der Waals surface area contributed by atoms with Crippen LogP contribution < -0.4 is 0 Å². The van der Waals surface area contributed by atoms with Crippen molar-refractivity contribution in [2.45, 2.75) is 0 Å². The molecule has 6 heavy (non-hydrogen) atoms. The van der Waals surface area contributed by atoms with E-state index in [0.717, 1.165) is 0 Å². The summed E-state index contributed by atoms with van der Waals surface area (Å²) in [7, 11) is 0. The van der Waals surface area contributed by atoms with Crippen molar-refractivity contribution >= 4 is 23.8 Å². The summed E-state index contributed by atoms with van der Waals surface area (Å²) in [6.07, 6.45) is 1.74. The second kappa shape index (κ2) is 4.51. The molecule has 0 heterocycles. The number of rotatable bonds is 1. The van der Waals surface area contributed by atoms with Gasteiger partial charge in [-0.25, -0.2) is 4.79 Å². The van der Waals surface area contributed by atoms with Gasteiger partial charge in [0, 0.05) is 6.26 Å². The minimum Gasteiger partial charge on any atom is -0.222 e. The Kier molecular flexibility index (Phi) is 4.14. The summed E-state index contributed by atoms with van der Waals surface area (Å²) in [5, 5.41) is 0. The number of hydrogen-bond donors (Lipinski definition) is 0. The van der Waals surface area contributed by atoms with Crippen LogP contribution in [0.1, 0.15) is 0 Å². The van der Waals surface area contributed by atoms with Gasteiger partial charge in [-0.15, -0.1) is 0 Å². The molecule has 3 heteroatoms. The van der Waals surface area contributed by atoms with Gasteiger partial charge < -0.3 is 0 Å². The molecule has 0 aliphatic heterocycles. The Hall–Kier alpha value is -0.490. The minimum atomic E-state index is 1.18. The van der Waals surface area contributed by atoms with E-state index in [0.29, 0.717) is 0 Å². The maximum absolute atomic E-state index is 9.22. The van der Waals surface area contributed by atoms with Crippen molar-refractivity contribution in [3.63, 3.8) is 0 Å². The molecule has 0 aliphatic carbocycles. The normalized spacial score (nSPS) is 5.50. The van der Waals surface area contributed by atoms with Crippen molar-refractivity contribution in [1.29, 1.82) is 0 Å². The van der Waals surface area contributed by atoms with E-state index in [-0.39, 0.29) is 0 Å². The van der Waals surface area contributed by atoms with E-state index in [4.69, 9.17) is 0 Å². The molecule has 32 valence electrons. The monoisotopic (exact) mass is 101 g/mol. The van der Waals surface area contributed by atoms with Crippen LogP contribution in [0.3, 0.4) is 0 Å². The Morgan fingerprint density at radius 1 is 1.83 bits per heavy atom. The summed E-state index contributed by atoms with van der Waals surface area (Å²) in [5.41, 5.74) is 0. The molecule has 0 N–H and O–H groups in total. The summed E-state index contributed by atoms with van der Waals surface area (Å²) < 4.78 is 3.33. The second-order valence-electron chi connectivity index (χ2n) is 0.488. The smallest absolute Gasteiger partial charge is 0.198 e. The zero-order valence-electron chi connectivity index (χ0n) is 3.26. The first-order valence-corrected chi connectivity index (χ1v) is 2.45. The molecule has 0 saturated heterocycles. The van der Waals surface area contributed by atoms with Gasteiger partial charge >= 0.3 is 0 Å². The van der Waals surface area contributed by atoms with Crippen LogP contribution in [0.2, 0.25) is 0 Å². The van der Waals surface area contributed by atoms with E-state index in [9.17, 15) is 4.79 Å². The Morgan fingerprint density at radius 2 is 2.50 bits per heavy atom. The van der Waals surface area contributed by atoms with E-state index >= 15 is 0 Å². The largest absolute Gasteiger partial charge is 0.222 e. The fourth-order valence-electron chi connectivity index (χ4n) is 0.0643. The van der Waals surface area contributed by atoms with Crippen LogP contribution in [0.15, 0.2) is 4.40 Å². The number of nitrogens with zero attached hydrogens (tertiary/aromatic N) is 1. The van der Waals surface area contributed by atoms with Gasteiger partial charge in [-0.1, -0.05) is 0 Å². The predicted octanol–water partition coefficient (Wildman–Crippen LogP) is 0.322. The topological polar surface area (TPSA) is 29.4 Å². The lowest BCUT2D eigenvalue weighted by Gasteiger charge is -1.59. The molecule has 0 aliphatic rings. The molecular weight excluding hydrogens is 98.1 g/mol. The third kappa shape index (κ3) is 3.51. The summed E-state index contributed by atoms with van der Waals surface area (Å²) >= 11 is 1.18. The molecule has 0 fully saturated rings. The fraction of sp³-hybridized carbons (Fsp3) is 0.333. The van der Waals surface area contributed by atoms with Crippen molar-refractivity contribution < 1.29 is 4.79 Å². The Balaban J connectivity index is 3.47. The van der Waals surface area contributed by atoms with Crippen molar-refractivity contribution in [3.8, 4) is 0 Å². The van der Waals surface area contributed by atoms with Crippen molar-refractivity contribution in [2.75, 3.05) is 6.26 Å². The zero-order valence-corrected chi connectivity index (χ0v) is 4.08. The molecular formula is C3H3NOS. The van der Waals surface area contributed by atoms with Crippen molar-refractivity contribution in [1.82, 2.24) is 0 Å². The Bertz CT molecular complexity index is 99.4. The molecule has 0 amide bonds. The third-order valence-corrected chi connectivity index (χ3v) is 0.456. The standard InChI is InChI=1S/C3H3NOS/c1-6-4-2-3-5/h1H3.